The lowest BCUT2D eigenvalue weighted by Crippen LogP contribution is -2.52. The Morgan fingerprint density at radius 3 is 2.90 bits per heavy atom. The van der Waals surface area contributed by atoms with Gasteiger partial charge >= 0.3 is 5.97 Å². The van der Waals surface area contributed by atoms with Crippen LogP contribution in [-0.4, -0.2) is 53.1 Å². The quantitative estimate of drug-likeness (QED) is 0.909. The van der Waals surface area contributed by atoms with Crippen LogP contribution in [0.15, 0.2) is 5.38 Å². The summed E-state index contributed by atoms with van der Waals surface area (Å²) in [6, 6.07) is 0. The molecule has 20 heavy (non-hydrogen) atoms. The van der Waals surface area contributed by atoms with E-state index in [9.17, 15) is 14.7 Å². The van der Waals surface area contributed by atoms with Crippen molar-refractivity contribution in [1.29, 1.82) is 0 Å². The van der Waals surface area contributed by atoms with Gasteiger partial charge in [0.05, 0.1) is 17.9 Å². The van der Waals surface area contributed by atoms with Crippen molar-refractivity contribution in [3.63, 3.8) is 0 Å². The van der Waals surface area contributed by atoms with Gasteiger partial charge in [0.25, 0.3) is 5.91 Å². The van der Waals surface area contributed by atoms with Gasteiger partial charge in [0.2, 0.25) is 0 Å². The summed E-state index contributed by atoms with van der Waals surface area (Å²) in [6.07, 6.45) is 1.19. The molecule has 0 spiro atoms. The average Bonchev–Trinajstić information content (AvgIpc) is 2.84. The third-order valence-electron chi connectivity index (χ3n) is 3.72. The molecule has 2 heterocycles. The minimum absolute atomic E-state index is 0.118. The number of carbonyl (C=O) groups is 2. The second kappa shape index (κ2) is 5.88. The molecule has 1 aliphatic heterocycles. The van der Waals surface area contributed by atoms with Gasteiger partial charge < -0.3 is 14.7 Å². The van der Waals surface area contributed by atoms with Crippen LogP contribution >= 0.6 is 11.5 Å². The van der Waals surface area contributed by atoms with E-state index in [0.29, 0.717) is 30.6 Å². The van der Waals surface area contributed by atoms with Crippen molar-refractivity contribution < 1.29 is 19.4 Å². The molecule has 0 saturated carbocycles. The van der Waals surface area contributed by atoms with Gasteiger partial charge in [-0.25, -0.2) is 0 Å². The van der Waals surface area contributed by atoms with Crippen LogP contribution in [0.25, 0.3) is 0 Å². The Balaban J connectivity index is 2.20. The van der Waals surface area contributed by atoms with Crippen LogP contribution in [0.5, 0.6) is 0 Å². The van der Waals surface area contributed by atoms with Crippen molar-refractivity contribution in [1.82, 2.24) is 9.27 Å². The van der Waals surface area contributed by atoms with E-state index < -0.39 is 11.4 Å². The van der Waals surface area contributed by atoms with Crippen molar-refractivity contribution in [3.05, 3.63) is 16.6 Å². The second-order valence-corrected chi connectivity index (χ2v) is 5.79. The maximum atomic E-state index is 12.5. The fraction of sp³-hybridized carbons (Fsp3) is 0.615. The summed E-state index contributed by atoms with van der Waals surface area (Å²) < 4.78 is 9.15. The molecule has 0 aromatic carbocycles. The van der Waals surface area contributed by atoms with E-state index in [1.54, 1.807) is 17.2 Å². The Bertz CT molecular complexity index is 512. The molecule has 1 atom stereocenters. The van der Waals surface area contributed by atoms with E-state index >= 15 is 0 Å². The largest absolute Gasteiger partial charge is 0.481 e. The molecule has 1 N–H and O–H groups in total. The number of aliphatic carboxylic acids is 1. The molecular weight excluding hydrogens is 280 g/mol. The summed E-state index contributed by atoms with van der Waals surface area (Å²) in [5.41, 5.74) is 0.256. The molecule has 1 aromatic heterocycles. The summed E-state index contributed by atoms with van der Waals surface area (Å²) in [7, 11) is 1.48. The number of likely N-dealkylation sites (tertiary alicyclic amines) is 1. The zero-order valence-electron chi connectivity index (χ0n) is 11.6. The molecule has 0 radical (unpaired) electrons. The minimum Gasteiger partial charge on any atom is -0.481 e. The van der Waals surface area contributed by atoms with E-state index in [-0.39, 0.29) is 19.1 Å². The fourth-order valence-electron chi connectivity index (χ4n) is 2.60. The number of carboxylic acids is 1. The first kappa shape index (κ1) is 14.9. The summed E-state index contributed by atoms with van der Waals surface area (Å²) in [5.74, 6) is -1.05. The first-order chi connectivity index (χ1) is 9.50. The number of carboxylic acid groups (broad SMARTS) is 1. The molecule has 1 unspecified atom stereocenters. The summed E-state index contributed by atoms with van der Waals surface area (Å²) in [4.78, 5) is 25.6. The van der Waals surface area contributed by atoms with Crippen molar-refractivity contribution in [2.75, 3.05) is 26.8 Å². The number of aryl methyl sites for hydroxylation is 1. The Hall–Kier alpha value is -1.47. The molecule has 1 aromatic rings. The van der Waals surface area contributed by atoms with Crippen molar-refractivity contribution >= 4 is 23.4 Å². The van der Waals surface area contributed by atoms with Crippen LogP contribution < -0.4 is 0 Å². The monoisotopic (exact) mass is 298 g/mol. The highest BCUT2D eigenvalue weighted by Gasteiger charge is 2.44. The molecule has 1 fully saturated rings. The average molecular weight is 298 g/mol. The third kappa shape index (κ3) is 2.69. The summed E-state index contributed by atoms with van der Waals surface area (Å²) in [5, 5.41) is 11.2. The molecule has 7 heteroatoms. The highest BCUT2D eigenvalue weighted by Crippen LogP contribution is 2.32. The van der Waals surface area contributed by atoms with Gasteiger partial charge in [0.1, 0.15) is 5.41 Å². The lowest BCUT2D eigenvalue weighted by Gasteiger charge is -2.39. The molecule has 1 amide bonds. The van der Waals surface area contributed by atoms with Gasteiger partial charge in [-0.05, 0) is 31.3 Å². The van der Waals surface area contributed by atoms with Crippen LogP contribution in [0.4, 0.5) is 0 Å². The highest BCUT2D eigenvalue weighted by molar-refractivity contribution is 7.03. The number of hydrogen-bond acceptors (Lipinski definition) is 5. The molecule has 6 nitrogen and oxygen atoms in total. The normalized spacial score (nSPS) is 22.8. The molecule has 0 bridgehead atoms. The predicted octanol–water partition coefficient (Wildman–Crippen LogP) is 1.40. The number of hydrogen-bond donors (Lipinski definition) is 1. The van der Waals surface area contributed by atoms with Crippen molar-refractivity contribution in [3.8, 4) is 0 Å². The van der Waals surface area contributed by atoms with Gasteiger partial charge in [0, 0.05) is 25.6 Å². The number of methoxy groups -OCH3 is 1. The summed E-state index contributed by atoms with van der Waals surface area (Å²) in [6.45, 7) is 2.66. The highest BCUT2D eigenvalue weighted by atomic mass is 32.1. The maximum absolute atomic E-state index is 12.5. The third-order valence-corrected chi connectivity index (χ3v) is 4.44. The van der Waals surface area contributed by atoms with Gasteiger partial charge in [-0.2, -0.15) is 4.37 Å². The van der Waals surface area contributed by atoms with Crippen LogP contribution in [0, 0.1) is 12.3 Å². The zero-order chi connectivity index (χ0) is 14.8. The van der Waals surface area contributed by atoms with Crippen molar-refractivity contribution in [2.24, 2.45) is 5.41 Å². The van der Waals surface area contributed by atoms with Gasteiger partial charge in [-0.1, -0.05) is 0 Å². The van der Waals surface area contributed by atoms with Crippen molar-refractivity contribution in [2.45, 2.75) is 19.8 Å². The smallest absolute Gasteiger partial charge is 0.313 e. The topological polar surface area (TPSA) is 79.7 Å². The van der Waals surface area contributed by atoms with Gasteiger partial charge in [-0.3, -0.25) is 9.59 Å². The van der Waals surface area contributed by atoms with E-state index in [0.717, 1.165) is 0 Å². The molecule has 0 aliphatic carbocycles. The Labute approximate surface area is 121 Å². The first-order valence-electron chi connectivity index (χ1n) is 6.43. The standard InChI is InChI=1S/C13H18N2O4S/c1-9-10(6-20-14-9)11(16)15-5-3-4-13(7-15,8-19-2)12(17)18/h6H,3-5,7-8H2,1-2H3,(H,17,18). The number of carbonyl (C=O) groups excluding carboxylic acids is 1. The van der Waals surface area contributed by atoms with E-state index in [1.165, 1.54) is 18.6 Å². The van der Waals surface area contributed by atoms with Crippen LogP contribution in [-0.2, 0) is 9.53 Å². The number of piperidine rings is 1. The Morgan fingerprint density at radius 1 is 1.60 bits per heavy atom. The van der Waals surface area contributed by atoms with Gasteiger partial charge in [0.15, 0.2) is 0 Å². The number of rotatable bonds is 4. The minimum atomic E-state index is -1.000. The maximum Gasteiger partial charge on any atom is 0.313 e. The lowest BCUT2D eigenvalue weighted by atomic mass is 9.80. The van der Waals surface area contributed by atoms with E-state index in [4.69, 9.17) is 4.74 Å². The van der Waals surface area contributed by atoms with Crippen LogP contribution in [0.2, 0.25) is 0 Å². The van der Waals surface area contributed by atoms with Crippen LogP contribution in [0.3, 0.4) is 0 Å². The fourth-order valence-corrected chi connectivity index (χ4v) is 3.29. The van der Waals surface area contributed by atoms with E-state index in [1.807, 2.05) is 0 Å². The first-order valence-corrected chi connectivity index (χ1v) is 7.26. The molecular formula is C13H18N2O4S. The van der Waals surface area contributed by atoms with Gasteiger partial charge in [-0.15, -0.1) is 0 Å². The number of aromatic nitrogens is 1. The molecule has 110 valence electrons. The SMILES string of the molecule is COCC1(C(=O)O)CCCN(C(=O)c2csnc2C)C1. The molecule has 1 aliphatic rings. The summed E-state index contributed by atoms with van der Waals surface area (Å²) >= 11 is 1.24. The number of ether oxygens (including phenoxy) is 1. The Kier molecular flexibility index (Phi) is 4.39. The van der Waals surface area contributed by atoms with Crippen LogP contribution in [0.1, 0.15) is 28.9 Å². The lowest BCUT2D eigenvalue weighted by molar-refractivity contribution is -0.155. The second-order valence-electron chi connectivity index (χ2n) is 5.16. The Morgan fingerprint density at radius 2 is 2.35 bits per heavy atom. The molecule has 2 rings (SSSR count). The zero-order valence-corrected chi connectivity index (χ0v) is 12.4. The molecule has 1 saturated heterocycles. The number of amides is 1. The predicted molar refractivity (Wildman–Crippen MR) is 73.9 cm³/mol. The number of nitrogens with zero attached hydrogens (tertiary/aromatic N) is 2. The van der Waals surface area contributed by atoms with E-state index in [2.05, 4.69) is 4.37 Å².